The van der Waals surface area contributed by atoms with Gasteiger partial charge in [-0.15, -0.1) is 0 Å². The maximum absolute atomic E-state index is 13.5. The molecule has 25 heavy (non-hydrogen) atoms. The summed E-state index contributed by atoms with van der Waals surface area (Å²) < 4.78 is 19.1. The molecule has 0 aliphatic heterocycles. The van der Waals surface area contributed by atoms with Crippen molar-refractivity contribution in [2.75, 3.05) is 11.2 Å². The summed E-state index contributed by atoms with van der Waals surface area (Å²) in [5.41, 5.74) is 11.0. The fraction of sp³-hybridized carbons (Fsp3) is 0.0714. The van der Waals surface area contributed by atoms with Crippen LogP contribution in [0.25, 0.3) is 11.6 Å². The minimum absolute atomic E-state index is 0.0311. The zero-order valence-corrected chi connectivity index (χ0v) is 14.1. The van der Waals surface area contributed by atoms with Crippen LogP contribution >= 0.6 is 15.9 Å². The van der Waals surface area contributed by atoms with Crippen molar-refractivity contribution in [1.29, 1.82) is 0 Å². The summed E-state index contributed by atoms with van der Waals surface area (Å²) >= 11 is 3.30. The highest BCUT2D eigenvalue weighted by atomic mass is 79.9. The molecule has 0 aliphatic rings. The van der Waals surface area contributed by atoms with E-state index in [4.69, 9.17) is 10.2 Å². The van der Waals surface area contributed by atoms with Gasteiger partial charge in [-0.2, -0.15) is 4.98 Å². The Hall–Kier alpha value is -3.08. The van der Waals surface area contributed by atoms with Gasteiger partial charge >= 0.3 is 0 Å². The van der Waals surface area contributed by atoms with E-state index in [-0.39, 0.29) is 29.8 Å². The molecule has 0 atom stereocenters. The van der Waals surface area contributed by atoms with Gasteiger partial charge in [-0.1, -0.05) is 0 Å². The van der Waals surface area contributed by atoms with Crippen LogP contribution in [0.4, 0.5) is 16.2 Å². The van der Waals surface area contributed by atoms with E-state index >= 15 is 0 Å². The van der Waals surface area contributed by atoms with Gasteiger partial charge in [0.1, 0.15) is 17.8 Å². The first-order valence-corrected chi connectivity index (χ1v) is 7.71. The first-order valence-electron chi connectivity index (χ1n) is 6.91. The highest BCUT2D eigenvalue weighted by Crippen LogP contribution is 2.30. The third kappa shape index (κ3) is 3.88. The Balaban J connectivity index is 1.73. The molecular formula is C14H11BrFN7O2. The second-order valence-corrected chi connectivity index (χ2v) is 5.51. The molecule has 0 saturated heterocycles. The summed E-state index contributed by atoms with van der Waals surface area (Å²) in [7, 11) is 0. The van der Waals surface area contributed by atoms with Gasteiger partial charge in [0.05, 0.1) is 22.8 Å². The third-order valence-corrected chi connectivity index (χ3v) is 3.74. The molecule has 0 radical (unpaired) electrons. The monoisotopic (exact) mass is 407 g/mol. The molecule has 3 heterocycles. The average molecular weight is 408 g/mol. The number of pyridine rings is 1. The van der Waals surface area contributed by atoms with Gasteiger partial charge in [0.15, 0.2) is 5.82 Å². The molecule has 0 spiro atoms. The lowest BCUT2D eigenvalue weighted by atomic mass is 10.2. The van der Waals surface area contributed by atoms with Gasteiger partial charge in [-0.05, 0) is 28.1 Å². The number of nitrogen functional groups attached to an aromatic ring is 1. The summed E-state index contributed by atoms with van der Waals surface area (Å²) in [5.74, 6) is -0.707. The Morgan fingerprint density at radius 1 is 1.32 bits per heavy atom. The van der Waals surface area contributed by atoms with E-state index in [0.29, 0.717) is 10.2 Å². The normalized spacial score (nSPS) is 10.5. The second-order valence-electron chi connectivity index (χ2n) is 4.71. The molecule has 0 unspecified atom stereocenters. The Labute approximate surface area is 149 Å². The van der Waals surface area contributed by atoms with Crippen LogP contribution in [0.15, 0.2) is 39.7 Å². The number of nitrogens with two attached hydrogens (primary N) is 1. The molecule has 0 bridgehead atoms. The standard InChI is InChI=1S/C14H11BrFN7O2/c15-10-11(13-19-4-5-25-13)20-14(17)21-12(10)23-22-9(24)6-8-7(16)2-1-3-18-8/h1-5H,6H2,(H,22,24)(H3,17,20,21,23). The van der Waals surface area contributed by atoms with E-state index in [2.05, 4.69) is 46.7 Å². The average Bonchev–Trinajstić information content (AvgIpc) is 3.12. The summed E-state index contributed by atoms with van der Waals surface area (Å²) in [6, 6.07) is 2.67. The number of carbonyl (C=O) groups is 1. The van der Waals surface area contributed by atoms with E-state index in [0.717, 1.165) is 0 Å². The number of rotatable bonds is 5. The number of halogens is 2. The van der Waals surface area contributed by atoms with Crippen molar-refractivity contribution >= 4 is 33.6 Å². The second kappa shape index (κ2) is 7.21. The minimum atomic E-state index is -0.559. The number of anilines is 2. The summed E-state index contributed by atoms with van der Waals surface area (Å²) in [6.07, 6.45) is 4.00. The minimum Gasteiger partial charge on any atom is -0.443 e. The highest BCUT2D eigenvalue weighted by molar-refractivity contribution is 9.10. The third-order valence-electron chi connectivity index (χ3n) is 2.99. The van der Waals surface area contributed by atoms with Crippen LogP contribution < -0.4 is 16.6 Å². The number of hydrazine groups is 1. The first kappa shape index (κ1) is 16.8. The number of aromatic nitrogens is 4. The fourth-order valence-corrected chi connectivity index (χ4v) is 2.35. The lowest BCUT2D eigenvalue weighted by molar-refractivity contribution is -0.120. The molecule has 11 heteroatoms. The number of oxazole rings is 1. The van der Waals surface area contributed by atoms with E-state index in [1.54, 1.807) is 0 Å². The Morgan fingerprint density at radius 3 is 2.88 bits per heavy atom. The smallest absolute Gasteiger partial charge is 0.246 e. The van der Waals surface area contributed by atoms with Gasteiger partial charge < -0.3 is 10.2 Å². The van der Waals surface area contributed by atoms with Gasteiger partial charge in [-0.25, -0.2) is 14.4 Å². The Kier molecular flexibility index (Phi) is 4.84. The van der Waals surface area contributed by atoms with Gasteiger partial charge in [0, 0.05) is 6.20 Å². The summed E-state index contributed by atoms with van der Waals surface area (Å²) in [5, 5.41) is 0. The molecule has 9 nitrogen and oxygen atoms in total. The van der Waals surface area contributed by atoms with Crippen molar-refractivity contribution in [2.45, 2.75) is 6.42 Å². The predicted octanol–water partition coefficient (Wildman–Crippen LogP) is 1.70. The highest BCUT2D eigenvalue weighted by Gasteiger charge is 2.17. The quantitative estimate of drug-likeness (QED) is 0.544. The molecule has 0 fully saturated rings. The molecule has 0 aromatic carbocycles. The van der Waals surface area contributed by atoms with Crippen LogP contribution in [0.2, 0.25) is 0 Å². The lowest BCUT2D eigenvalue weighted by Crippen LogP contribution is -2.32. The molecule has 3 aromatic rings. The number of hydrogen-bond acceptors (Lipinski definition) is 8. The zero-order chi connectivity index (χ0) is 17.8. The van der Waals surface area contributed by atoms with E-state index in [9.17, 15) is 9.18 Å². The summed E-state index contributed by atoms with van der Waals surface area (Å²) in [4.78, 5) is 27.8. The van der Waals surface area contributed by atoms with Gasteiger partial charge in [-0.3, -0.25) is 20.6 Å². The van der Waals surface area contributed by atoms with E-state index < -0.39 is 11.7 Å². The fourth-order valence-electron chi connectivity index (χ4n) is 1.90. The van der Waals surface area contributed by atoms with E-state index in [1.807, 2.05) is 0 Å². The van der Waals surface area contributed by atoms with Crippen molar-refractivity contribution in [3.63, 3.8) is 0 Å². The number of carbonyl (C=O) groups excluding carboxylic acids is 1. The molecular weight excluding hydrogens is 397 g/mol. The maximum atomic E-state index is 13.5. The van der Waals surface area contributed by atoms with E-state index in [1.165, 1.54) is 30.8 Å². The summed E-state index contributed by atoms with van der Waals surface area (Å²) in [6.45, 7) is 0. The Morgan fingerprint density at radius 2 is 2.16 bits per heavy atom. The SMILES string of the molecule is Nc1nc(NNC(=O)Cc2ncccc2F)c(Br)c(-c2ncco2)n1. The van der Waals surface area contributed by atoms with Crippen molar-refractivity contribution in [3.8, 4) is 11.6 Å². The molecule has 128 valence electrons. The van der Waals surface area contributed by atoms with Gasteiger partial charge in [0.25, 0.3) is 0 Å². The number of nitrogens with zero attached hydrogens (tertiary/aromatic N) is 4. The van der Waals surface area contributed by atoms with Crippen molar-refractivity contribution in [3.05, 3.63) is 46.8 Å². The van der Waals surface area contributed by atoms with Gasteiger partial charge in [0.2, 0.25) is 17.7 Å². The van der Waals surface area contributed by atoms with Crippen LogP contribution in [-0.4, -0.2) is 25.8 Å². The number of nitrogens with one attached hydrogen (secondary N) is 2. The molecule has 0 saturated carbocycles. The van der Waals surface area contributed by atoms with Crippen molar-refractivity contribution < 1.29 is 13.6 Å². The number of amides is 1. The van der Waals surface area contributed by atoms with Crippen LogP contribution in [0.3, 0.4) is 0 Å². The largest absolute Gasteiger partial charge is 0.443 e. The van der Waals surface area contributed by atoms with Crippen LogP contribution in [0, 0.1) is 5.82 Å². The molecule has 3 rings (SSSR count). The van der Waals surface area contributed by atoms with Crippen LogP contribution in [0.1, 0.15) is 5.69 Å². The molecule has 0 aliphatic carbocycles. The van der Waals surface area contributed by atoms with Crippen LogP contribution in [-0.2, 0) is 11.2 Å². The molecule has 3 aromatic heterocycles. The first-order chi connectivity index (χ1) is 12.0. The predicted molar refractivity (Wildman–Crippen MR) is 89.3 cm³/mol. The Bertz CT molecular complexity index is 904. The molecule has 4 N–H and O–H groups in total. The zero-order valence-electron chi connectivity index (χ0n) is 12.5. The lowest BCUT2D eigenvalue weighted by Gasteiger charge is -2.11. The number of hydrogen-bond donors (Lipinski definition) is 3. The molecule has 1 amide bonds. The van der Waals surface area contributed by atoms with Crippen molar-refractivity contribution in [2.24, 2.45) is 0 Å². The maximum Gasteiger partial charge on any atom is 0.246 e. The van der Waals surface area contributed by atoms with Crippen molar-refractivity contribution in [1.82, 2.24) is 25.4 Å². The van der Waals surface area contributed by atoms with Crippen LogP contribution in [0.5, 0.6) is 0 Å². The topological polar surface area (TPSA) is 132 Å².